The van der Waals surface area contributed by atoms with Crippen molar-refractivity contribution in [2.24, 2.45) is 17.6 Å². The molecule has 2 aliphatic rings. The Balaban J connectivity index is 1.58. The van der Waals surface area contributed by atoms with Crippen molar-refractivity contribution in [3.63, 3.8) is 0 Å². The van der Waals surface area contributed by atoms with E-state index in [1.807, 2.05) is 0 Å². The molecule has 0 bridgehead atoms. The quantitative estimate of drug-likeness (QED) is 0.643. The van der Waals surface area contributed by atoms with Gasteiger partial charge in [0.15, 0.2) is 0 Å². The van der Waals surface area contributed by atoms with E-state index in [1.54, 1.807) is 0 Å². The molecule has 1 aliphatic heterocycles. The van der Waals surface area contributed by atoms with Gasteiger partial charge in [-0.2, -0.15) is 0 Å². The predicted octanol–water partition coefficient (Wildman–Crippen LogP) is 0.266. The molecule has 0 aromatic heterocycles. The Labute approximate surface area is 90.5 Å². The average Bonchev–Trinajstić information content (AvgIpc) is 2.94. The van der Waals surface area contributed by atoms with Crippen LogP contribution >= 0.6 is 0 Å². The molecule has 4 nitrogen and oxygen atoms in total. The maximum Gasteiger partial charge on any atom is 0.227 e. The summed E-state index contributed by atoms with van der Waals surface area (Å²) in [4.78, 5) is 11.6. The summed E-state index contributed by atoms with van der Waals surface area (Å²) in [5.41, 5.74) is 5.76. The molecule has 1 saturated heterocycles. The highest BCUT2D eigenvalue weighted by Gasteiger charge is 2.31. The van der Waals surface area contributed by atoms with Gasteiger partial charge >= 0.3 is 0 Å². The molecule has 2 rings (SSSR count). The van der Waals surface area contributed by atoms with Crippen molar-refractivity contribution in [1.29, 1.82) is 0 Å². The van der Waals surface area contributed by atoms with Gasteiger partial charge in [0.1, 0.15) is 0 Å². The van der Waals surface area contributed by atoms with Crippen LogP contribution in [-0.2, 0) is 9.53 Å². The molecule has 1 heterocycles. The maximum absolute atomic E-state index is 11.6. The Hall–Kier alpha value is -0.610. The van der Waals surface area contributed by atoms with E-state index in [0.29, 0.717) is 13.2 Å². The number of amides is 1. The Morgan fingerprint density at radius 2 is 2.20 bits per heavy atom. The van der Waals surface area contributed by atoms with Gasteiger partial charge in [-0.25, -0.2) is 0 Å². The van der Waals surface area contributed by atoms with Crippen molar-refractivity contribution in [1.82, 2.24) is 5.32 Å². The molecule has 0 radical (unpaired) electrons. The largest absolute Gasteiger partial charge is 0.379 e. The molecule has 0 aromatic carbocycles. The Kier molecular flexibility index (Phi) is 3.59. The molecule has 4 heteroatoms. The SMILES string of the molecule is NC1COCC1C(=O)NCCCC1CC1. The molecular weight excluding hydrogens is 192 g/mol. The first-order valence-electron chi connectivity index (χ1n) is 5.88. The first kappa shape index (κ1) is 10.9. The van der Waals surface area contributed by atoms with Crippen molar-refractivity contribution in [3.05, 3.63) is 0 Å². The monoisotopic (exact) mass is 212 g/mol. The van der Waals surface area contributed by atoms with Crippen LogP contribution in [0.4, 0.5) is 0 Å². The van der Waals surface area contributed by atoms with Crippen molar-refractivity contribution in [2.45, 2.75) is 31.7 Å². The zero-order chi connectivity index (χ0) is 10.7. The predicted molar refractivity (Wildman–Crippen MR) is 57.3 cm³/mol. The van der Waals surface area contributed by atoms with E-state index in [9.17, 15) is 4.79 Å². The zero-order valence-electron chi connectivity index (χ0n) is 9.08. The van der Waals surface area contributed by atoms with Gasteiger partial charge in [-0.05, 0) is 18.8 Å². The number of rotatable bonds is 5. The number of nitrogens with two attached hydrogens (primary N) is 1. The molecule has 2 atom stereocenters. The van der Waals surface area contributed by atoms with E-state index in [-0.39, 0.29) is 17.9 Å². The summed E-state index contributed by atoms with van der Waals surface area (Å²) < 4.78 is 5.16. The molecule has 1 amide bonds. The summed E-state index contributed by atoms with van der Waals surface area (Å²) in [7, 11) is 0. The van der Waals surface area contributed by atoms with Gasteiger partial charge < -0.3 is 15.8 Å². The number of ether oxygens (including phenoxy) is 1. The normalized spacial score (nSPS) is 30.5. The molecule has 0 aromatic rings. The summed E-state index contributed by atoms with van der Waals surface area (Å²) in [6.07, 6.45) is 5.12. The van der Waals surface area contributed by atoms with Gasteiger partial charge in [-0.1, -0.05) is 12.8 Å². The number of hydrogen-bond donors (Lipinski definition) is 2. The lowest BCUT2D eigenvalue weighted by Gasteiger charge is -2.13. The molecule has 1 aliphatic carbocycles. The van der Waals surface area contributed by atoms with Gasteiger partial charge in [0, 0.05) is 12.6 Å². The van der Waals surface area contributed by atoms with Gasteiger partial charge in [-0.15, -0.1) is 0 Å². The highest BCUT2D eigenvalue weighted by atomic mass is 16.5. The summed E-state index contributed by atoms with van der Waals surface area (Å²) in [5.74, 6) is 0.876. The molecule has 2 fully saturated rings. The summed E-state index contributed by atoms with van der Waals surface area (Å²) in [6, 6.07) is -0.117. The third-order valence-corrected chi connectivity index (χ3v) is 3.25. The minimum atomic E-state index is -0.133. The Morgan fingerprint density at radius 3 is 2.80 bits per heavy atom. The van der Waals surface area contributed by atoms with Crippen LogP contribution in [0.3, 0.4) is 0 Å². The summed E-state index contributed by atoms with van der Waals surface area (Å²) in [6.45, 7) is 1.79. The minimum absolute atomic E-state index is 0.0656. The fraction of sp³-hybridized carbons (Fsp3) is 0.909. The van der Waals surface area contributed by atoms with Gasteiger partial charge in [-0.3, -0.25) is 4.79 Å². The first-order valence-corrected chi connectivity index (χ1v) is 5.88. The molecule has 2 unspecified atom stereocenters. The van der Waals surface area contributed by atoms with Crippen LogP contribution in [0.15, 0.2) is 0 Å². The number of carbonyl (C=O) groups excluding carboxylic acids is 1. The van der Waals surface area contributed by atoms with Gasteiger partial charge in [0.05, 0.1) is 19.1 Å². The van der Waals surface area contributed by atoms with E-state index in [2.05, 4.69) is 5.32 Å². The molecular formula is C11H20N2O2. The highest BCUT2D eigenvalue weighted by Crippen LogP contribution is 2.33. The molecule has 0 spiro atoms. The molecule has 15 heavy (non-hydrogen) atoms. The van der Waals surface area contributed by atoms with Crippen molar-refractivity contribution in [2.75, 3.05) is 19.8 Å². The van der Waals surface area contributed by atoms with Crippen molar-refractivity contribution >= 4 is 5.91 Å². The van der Waals surface area contributed by atoms with E-state index >= 15 is 0 Å². The number of nitrogens with one attached hydrogen (secondary N) is 1. The van der Waals surface area contributed by atoms with Crippen LogP contribution in [0.25, 0.3) is 0 Å². The molecule has 3 N–H and O–H groups in total. The Bertz CT molecular complexity index is 229. The third kappa shape index (κ3) is 3.18. The number of hydrogen-bond acceptors (Lipinski definition) is 3. The van der Waals surface area contributed by atoms with Gasteiger partial charge in [0.25, 0.3) is 0 Å². The van der Waals surface area contributed by atoms with Crippen LogP contribution in [0.1, 0.15) is 25.7 Å². The van der Waals surface area contributed by atoms with Crippen molar-refractivity contribution < 1.29 is 9.53 Å². The third-order valence-electron chi connectivity index (χ3n) is 3.25. The second kappa shape index (κ2) is 4.94. The lowest BCUT2D eigenvalue weighted by atomic mass is 10.0. The van der Waals surface area contributed by atoms with Crippen LogP contribution in [0.2, 0.25) is 0 Å². The van der Waals surface area contributed by atoms with Crippen molar-refractivity contribution in [3.8, 4) is 0 Å². The van der Waals surface area contributed by atoms with Crippen LogP contribution < -0.4 is 11.1 Å². The molecule has 86 valence electrons. The maximum atomic E-state index is 11.6. The average molecular weight is 212 g/mol. The van der Waals surface area contributed by atoms with E-state index < -0.39 is 0 Å². The minimum Gasteiger partial charge on any atom is -0.379 e. The van der Waals surface area contributed by atoms with E-state index in [4.69, 9.17) is 10.5 Å². The van der Waals surface area contributed by atoms with E-state index in [0.717, 1.165) is 18.9 Å². The zero-order valence-corrected chi connectivity index (χ0v) is 9.08. The summed E-state index contributed by atoms with van der Waals surface area (Å²) >= 11 is 0. The van der Waals surface area contributed by atoms with Crippen LogP contribution in [0.5, 0.6) is 0 Å². The second-order valence-electron chi connectivity index (χ2n) is 4.68. The van der Waals surface area contributed by atoms with E-state index in [1.165, 1.54) is 19.3 Å². The lowest BCUT2D eigenvalue weighted by molar-refractivity contribution is -0.125. The fourth-order valence-corrected chi connectivity index (χ4v) is 1.98. The first-order chi connectivity index (χ1) is 7.27. The molecule has 1 saturated carbocycles. The Morgan fingerprint density at radius 1 is 1.40 bits per heavy atom. The highest BCUT2D eigenvalue weighted by molar-refractivity contribution is 5.79. The topological polar surface area (TPSA) is 64.3 Å². The fourth-order valence-electron chi connectivity index (χ4n) is 1.98. The van der Waals surface area contributed by atoms with Crippen LogP contribution in [-0.4, -0.2) is 31.7 Å². The van der Waals surface area contributed by atoms with Crippen LogP contribution in [0, 0.1) is 11.8 Å². The smallest absolute Gasteiger partial charge is 0.227 e. The number of carbonyl (C=O) groups is 1. The van der Waals surface area contributed by atoms with Gasteiger partial charge in [0.2, 0.25) is 5.91 Å². The lowest BCUT2D eigenvalue weighted by Crippen LogP contribution is -2.41. The standard InChI is InChI=1S/C11H20N2O2/c12-10-7-15-6-9(10)11(14)13-5-1-2-8-3-4-8/h8-10H,1-7,12H2,(H,13,14). The second-order valence-corrected chi connectivity index (χ2v) is 4.68. The summed E-state index contributed by atoms with van der Waals surface area (Å²) in [5, 5.41) is 2.94.